The molecule has 0 saturated carbocycles. The molecule has 2 saturated heterocycles. The molecular weight excluding hydrogens is 320 g/mol. The molecule has 2 fully saturated rings. The molecule has 2 aliphatic heterocycles. The van der Waals surface area contributed by atoms with Crippen molar-refractivity contribution in [3.05, 3.63) is 0 Å². The van der Waals surface area contributed by atoms with E-state index >= 15 is 0 Å². The van der Waals surface area contributed by atoms with Crippen LogP contribution in [0.25, 0.3) is 0 Å². The SMILES string of the molecule is CC(C)(C)[Si](C)(C)C(OC(C1CO1)[Si](C)(C)C(C)(C)C)C1CO1. The summed E-state index contributed by atoms with van der Waals surface area (Å²) >= 11 is 0. The minimum Gasteiger partial charge on any atom is -0.376 e. The maximum absolute atomic E-state index is 6.95. The fourth-order valence-corrected chi connectivity index (χ4v) is 7.98. The van der Waals surface area contributed by atoms with Crippen LogP contribution in [-0.4, -0.2) is 53.0 Å². The van der Waals surface area contributed by atoms with Gasteiger partial charge < -0.3 is 14.2 Å². The fraction of sp³-hybridized carbons (Fsp3) is 1.00. The molecule has 4 atom stereocenters. The molecule has 0 aromatic rings. The van der Waals surface area contributed by atoms with Crippen molar-refractivity contribution in [2.45, 2.75) is 101 Å². The fourth-order valence-electron chi connectivity index (χ4n) is 2.92. The van der Waals surface area contributed by atoms with Crippen molar-refractivity contribution in [2.75, 3.05) is 13.2 Å². The summed E-state index contributed by atoms with van der Waals surface area (Å²) in [6, 6.07) is 0. The van der Waals surface area contributed by atoms with Crippen LogP contribution in [0.5, 0.6) is 0 Å². The van der Waals surface area contributed by atoms with Crippen LogP contribution < -0.4 is 0 Å². The first-order chi connectivity index (χ1) is 10.2. The number of ether oxygens (including phenoxy) is 3. The Morgan fingerprint density at radius 3 is 1.17 bits per heavy atom. The van der Waals surface area contributed by atoms with Gasteiger partial charge in [-0.05, 0) is 10.1 Å². The Hall–Kier alpha value is 0.314. The lowest BCUT2D eigenvalue weighted by atomic mass is 10.2. The van der Waals surface area contributed by atoms with Gasteiger partial charge in [-0.15, -0.1) is 0 Å². The summed E-state index contributed by atoms with van der Waals surface area (Å²) in [5, 5.41) is 0.595. The zero-order valence-electron chi connectivity index (χ0n) is 16.9. The summed E-state index contributed by atoms with van der Waals surface area (Å²) in [5.74, 6) is 0. The molecule has 3 nitrogen and oxygen atoms in total. The van der Waals surface area contributed by atoms with Gasteiger partial charge in [-0.25, -0.2) is 0 Å². The first-order valence-corrected chi connectivity index (χ1v) is 15.2. The maximum Gasteiger partial charge on any atom is 0.104 e. The topological polar surface area (TPSA) is 34.3 Å². The standard InChI is InChI=1S/C18H38O3Si2/c1-17(2,3)22(7,8)15(13-11-19-13)21-16(14-12-20-14)23(9,10)18(4,5)6/h13-16H,11-12H2,1-10H3. The van der Waals surface area contributed by atoms with Crippen LogP contribution in [0.2, 0.25) is 36.3 Å². The van der Waals surface area contributed by atoms with Crippen molar-refractivity contribution in [3.63, 3.8) is 0 Å². The van der Waals surface area contributed by atoms with E-state index in [2.05, 4.69) is 67.7 Å². The highest BCUT2D eigenvalue weighted by Crippen LogP contribution is 2.47. The van der Waals surface area contributed by atoms with E-state index < -0.39 is 16.1 Å². The minimum absolute atomic E-state index is 0.269. The average Bonchev–Trinajstić information content (AvgIpc) is 3.20. The van der Waals surface area contributed by atoms with Gasteiger partial charge in [0.2, 0.25) is 0 Å². The van der Waals surface area contributed by atoms with Gasteiger partial charge in [0, 0.05) is 0 Å². The maximum atomic E-state index is 6.95. The molecule has 0 N–H and O–H groups in total. The molecule has 23 heavy (non-hydrogen) atoms. The Labute approximate surface area is 145 Å². The predicted octanol–water partition coefficient (Wildman–Crippen LogP) is 4.63. The molecule has 136 valence electrons. The Kier molecular flexibility index (Phi) is 5.07. The highest BCUT2D eigenvalue weighted by molar-refractivity contribution is 6.83. The van der Waals surface area contributed by atoms with Crippen LogP contribution >= 0.6 is 0 Å². The normalized spacial score (nSPS) is 28.4. The molecule has 0 amide bonds. The second kappa shape index (κ2) is 5.94. The van der Waals surface area contributed by atoms with Gasteiger partial charge in [0.05, 0.1) is 40.8 Å². The quantitative estimate of drug-likeness (QED) is 0.512. The molecule has 0 spiro atoms. The summed E-state index contributed by atoms with van der Waals surface area (Å²) in [6.07, 6.45) is 0.615. The zero-order chi connectivity index (χ0) is 17.8. The zero-order valence-corrected chi connectivity index (χ0v) is 18.9. The van der Waals surface area contributed by atoms with E-state index in [1.165, 1.54) is 0 Å². The molecule has 0 radical (unpaired) electrons. The van der Waals surface area contributed by atoms with E-state index in [1.807, 2.05) is 0 Å². The number of rotatable bonds is 6. The molecule has 4 unspecified atom stereocenters. The van der Waals surface area contributed by atoms with Crippen molar-refractivity contribution < 1.29 is 14.2 Å². The average molecular weight is 359 g/mol. The van der Waals surface area contributed by atoms with Gasteiger partial charge in [0.15, 0.2) is 0 Å². The third-order valence-electron chi connectivity index (χ3n) is 6.98. The highest BCUT2D eigenvalue weighted by atomic mass is 28.3. The van der Waals surface area contributed by atoms with Crippen LogP contribution in [0.3, 0.4) is 0 Å². The summed E-state index contributed by atoms with van der Waals surface area (Å²) in [5.41, 5.74) is 0.539. The van der Waals surface area contributed by atoms with Gasteiger partial charge in [0.1, 0.15) is 12.2 Å². The second-order valence-corrected chi connectivity index (χ2v) is 21.7. The molecule has 2 heterocycles. The Bertz CT molecular complexity index is 387. The molecule has 2 aliphatic rings. The van der Waals surface area contributed by atoms with Gasteiger partial charge in [0.25, 0.3) is 0 Å². The van der Waals surface area contributed by atoms with Crippen LogP contribution in [0.1, 0.15) is 41.5 Å². The van der Waals surface area contributed by atoms with E-state index in [4.69, 9.17) is 14.2 Å². The van der Waals surface area contributed by atoms with Gasteiger partial charge >= 0.3 is 0 Å². The lowest BCUT2D eigenvalue weighted by Gasteiger charge is -2.48. The first-order valence-electron chi connectivity index (χ1n) is 9.08. The van der Waals surface area contributed by atoms with Gasteiger partial charge in [-0.1, -0.05) is 67.7 Å². The number of hydrogen-bond donors (Lipinski definition) is 0. The van der Waals surface area contributed by atoms with E-state index in [0.717, 1.165) is 13.2 Å². The summed E-state index contributed by atoms with van der Waals surface area (Å²) < 4.78 is 18.4. The molecule has 2 rings (SSSR count). The number of hydrogen-bond acceptors (Lipinski definition) is 3. The van der Waals surface area contributed by atoms with E-state index in [9.17, 15) is 0 Å². The molecule has 0 aromatic carbocycles. The summed E-state index contributed by atoms with van der Waals surface area (Å²) in [6.45, 7) is 25.8. The van der Waals surface area contributed by atoms with Crippen molar-refractivity contribution >= 4 is 16.1 Å². The van der Waals surface area contributed by atoms with Gasteiger partial charge in [-0.2, -0.15) is 0 Å². The molecule has 5 heteroatoms. The third-order valence-corrected chi connectivity index (χ3v) is 18.6. The first kappa shape index (κ1) is 19.6. The van der Waals surface area contributed by atoms with Crippen molar-refractivity contribution in [1.82, 2.24) is 0 Å². The van der Waals surface area contributed by atoms with E-state index in [-0.39, 0.29) is 11.5 Å². The van der Waals surface area contributed by atoms with E-state index in [1.54, 1.807) is 0 Å². The monoisotopic (exact) mass is 358 g/mol. The molecule has 0 bridgehead atoms. The van der Waals surface area contributed by atoms with Crippen molar-refractivity contribution in [2.24, 2.45) is 0 Å². The summed E-state index contributed by atoms with van der Waals surface area (Å²) in [7, 11) is -3.27. The van der Waals surface area contributed by atoms with Crippen LogP contribution in [0, 0.1) is 0 Å². The number of epoxide rings is 2. The Morgan fingerprint density at radius 2 is 1.00 bits per heavy atom. The highest BCUT2D eigenvalue weighted by Gasteiger charge is 2.57. The lowest BCUT2D eigenvalue weighted by molar-refractivity contribution is 0.0310. The smallest absolute Gasteiger partial charge is 0.104 e. The second-order valence-electron chi connectivity index (χ2n) is 10.7. The van der Waals surface area contributed by atoms with Crippen LogP contribution in [0.15, 0.2) is 0 Å². The predicted molar refractivity (Wildman–Crippen MR) is 103 cm³/mol. The molecular formula is C18H38O3Si2. The van der Waals surface area contributed by atoms with Crippen LogP contribution in [0.4, 0.5) is 0 Å². The van der Waals surface area contributed by atoms with Gasteiger partial charge in [-0.3, -0.25) is 0 Å². The molecule has 0 aliphatic carbocycles. The largest absolute Gasteiger partial charge is 0.376 e. The van der Waals surface area contributed by atoms with E-state index in [0.29, 0.717) is 22.3 Å². The molecule has 0 aromatic heterocycles. The Balaban J connectivity index is 2.27. The lowest BCUT2D eigenvalue weighted by Crippen LogP contribution is -2.60. The van der Waals surface area contributed by atoms with Crippen LogP contribution in [-0.2, 0) is 14.2 Å². The third kappa shape index (κ3) is 3.94. The minimum atomic E-state index is -1.63. The Morgan fingerprint density at radius 1 is 0.739 bits per heavy atom. The summed E-state index contributed by atoms with van der Waals surface area (Å²) in [4.78, 5) is 0. The van der Waals surface area contributed by atoms with Crippen molar-refractivity contribution in [3.8, 4) is 0 Å². The van der Waals surface area contributed by atoms with Crippen molar-refractivity contribution in [1.29, 1.82) is 0 Å².